The van der Waals surface area contributed by atoms with Crippen LogP contribution in [0.5, 0.6) is 0 Å². The highest BCUT2D eigenvalue weighted by atomic mass is 32.2. The molecular formula is C21H21N3O2S2. The van der Waals surface area contributed by atoms with Gasteiger partial charge in [-0.1, -0.05) is 30.0 Å². The van der Waals surface area contributed by atoms with E-state index in [4.69, 9.17) is 0 Å². The number of benzene rings is 1. The Bertz CT molecular complexity index is 1130. The Morgan fingerprint density at radius 2 is 2.07 bits per heavy atom. The van der Waals surface area contributed by atoms with E-state index in [1.807, 2.05) is 30.0 Å². The number of aryl methyl sites for hydroxylation is 2. The third kappa shape index (κ3) is 2.97. The standard InChI is InChI=1S/C21H21N3O2S2/c1-12(20(26)24-11-10-13-6-2-4-8-15(13)24)27-21-22-18(25)17-14-7-3-5-9-16(14)28-19(17)23-21/h2,4,6,8,12H,3,5,7,9-11H2,1H3,(H,22,23,25)/t12-/m0/s1. The molecule has 2 aromatic heterocycles. The van der Waals surface area contributed by atoms with Crippen LogP contribution in [0, 0.1) is 0 Å². The summed E-state index contributed by atoms with van der Waals surface area (Å²) in [5.74, 6) is 0.0585. The molecule has 2 aliphatic rings. The van der Waals surface area contributed by atoms with Crippen LogP contribution in [0.25, 0.3) is 10.2 Å². The van der Waals surface area contributed by atoms with E-state index in [-0.39, 0.29) is 16.7 Å². The Morgan fingerprint density at radius 1 is 1.25 bits per heavy atom. The van der Waals surface area contributed by atoms with Crippen LogP contribution in [0.15, 0.2) is 34.2 Å². The second-order valence-electron chi connectivity index (χ2n) is 7.39. The fraction of sp³-hybridized carbons (Fsp3) is 0.381. The van der Waals surface area contributed by atoms with Crippen molar-refractivity contribution in [1.82, 2.24) is 9.97 Å². The van der Waals surface area contributed by atoms with E-state index >= 15 is 0 Å². The highest BCUT2D eigenvalue weighted by molar-refractivity contribution is 8.00. The predicted octanol–water partition coefficient (Wildman–Crippen LogP) is 3.93. The number of rotatable bonds is 3. The summed E-state index contributed by atoms with van der Waals surface area (Å²) in [5, 5.41) is 0.974. The molecule has 0 saturated heterocycles. The highest BCUT2D eigenvalue weighted by Crippen LogP contribution is 2.35. The number of amides is 1. The molecule has 0 radical (unpaired) electrons. The first kappa shape index (κ1) is 17.9. The summed E-state index contributed by atoms with van der Waals surface area (Å²) in [6, 6.07) is 8.05. The van der Waals surface area contributed by atoms with Crippen LogP contribution in [-0.2, 0) is 24.1 Å². The number of para-hydroxylation sites is 1. The van der Waals surface area contributed by atoms with Gasteiger partial charge in [-0.15, -0.1) is 11.3 Å². The fourth-order valence-corrected chi connectivity index (χ4v) is 6.38. The van der Waals surface area contributed by atoms with Gasteiger partial charge in [0.2, 0.25) is 5.91 Å². The minimum absolute atomic E-state index is 0.0585. The van der Waals surface area contributed by atoms with E-state index in [0.717, 1.165) is 41.6 Å². The summed E-state index contributed by atoms with van der Waals surface area (Å²) in [6.07, 6.45) is 5.22. The Balaban J connectivity index is 1.41. The van der Waals surface area contributed by atoms with E-state index in [0.29, 0.717) is 11.7 Å². The van der Waals surface area contributed by atoms with E-state index in [2.05, 4.69) is 16.0 Å². The molecule has 1 N–H and O–H groups in total. The lowest BCUT2D eigenvalue weighted by Crippen LogP contribution is -2.35. The van der Waals surface area contributed by atoms with E-state index in [1.54, 1.807) is 11.3 Å². The van der Waals surface area contributed by atoms with Gasteiger partial charge < -0.3 is 9.88 Å². The quantitative estimate of drug-likeness (QED) is 0.524. The summed E-state index contributed by atoms with van der Waals surface area (Å²) in [4.78, 5) is 37.3. The molecule has 144 valence electrons. The molecule has 1 aliphatic heterocycles. The summed E-state index contributed by atoms with van der Waals surface area (Å²) in [6.45, 7) is 2.60. The third-order valence-corrected chi connectivity index (χ3v) is 7.75. The molecule has 3 heterocycles. The van der Waals surface area contributed by atoms with Gasteiger partial charge in [-0.25, -0.2) is 4.98 Å². The molecule has 5 rings (SSSR count). The number of thiophene rings is 1. The lowest BCUT2D eigenvalue weighted by molar-refractivity contribution is -0.117. The van der Waals surface area contributed by atoms with Crippen molar-refractivity contribution in [2.24, 2.45) is 0 Å². The zero-order chi connectivity index (χ0) is 19.3. The van der Waals surface area contributed by atoms with Crippen molar-refractivity contribution in [1.29, 1.82) is 0 Å². The van der Waals surface area contributed by atoms with Gasteiger partial charge in [0, 0.05) is 17.1 Å². The molecule has 1 amide bonds. The van der Waals surface area contributed by atoms with Gasteiger partial charge in [0.15, 0.2) is 5.16 Å². The van der Waals surface area contributed by atoms with E-state index < -0.39 is 0 Å². The van der Waals surface area contributed by atoms with Crippen LogP contribution >= 0.6 is 23.1 Å². The van der Waals surface area contributed by atoms with Gasteiger partial charge in [-0.05, 0) is 56.2 Å². The minimum Gasteiger partial charge on any atom is -0.311 e. The molecular weight excluding hydrogens is 390 g/mol. The van der Waals surface area contributed by atoms with E-state index in [1.165, 1.54) is 34.2 Å². The molecule has 3 aromatic rings. The maximum atomic E-state index is 13.0. The van der Waals surface area contributed by atoms with Gasteiger partial charge in [-0.3, -0.25) is 9.59 Å². The summed E-state index contributed by atoms with van der Waals surface area (Å²) in [5.41, 5.74) is 3.33. The molecule has 1 atom stereocenters. The first-order chi connectivity index (χ1) is 13.6. The lowest BCUT2D eigenvalue weighted by Gasteiger charge is -2.21. The molecule has 5 nitrogen and oxygen atoms in total. The Labute approximate surface area is 171 Å². The number of H-pyrrole nitrogens is 1. The number of hydrogen-bond acceptors (Lipinski definition) is 5. The van der Waals surface area contributed by atoms with Gasteiger partial charge in [0.1, 0.15) is 4.83 Å². The number of hydrogen-bond donors (Lipinski definition) is 1. The second kappa shape index (κ2) is 7.04. The van der Waals surface area contributed by atoms with Crippen molar-refractivity contribution >= 4 is 44.9 Å². The smallest absolute Gasteiger partial charge is 0.260 e. The average molecular weight is 412 g/mol. The zero-order valence-electron chi connectivity index (χ0n) is 15.7. The maximum absolute atomic E-state index is 13.0. The first-order valence-electron chi connectivity index (χ1n) is 9.72. The van der Waals surface area contributed by atoms with Gasteiger partial charge >= 0.3 is 0 Å². The Hall–Kier alpha value is -2.12. The second-order valence-corrected chi connectivity index (χ2v) is 9.80. The molecule has 7 heteroatoms. The van der Waals surface area contributed by atoms with Crippen LogP contribution < -0.4 is 10.5 Å². The zero-order valence-corrected chi connectivity index (χ0v) is 17.3. The van der Waals surface area contributed by atoms with E-state index in [9.17, 15) is 9.59 Å². The number of anilines is 1. The predicted molar refractivity (Wildman–Crippen MR) is 115 cm³/mol. The van der Waals surface area contributed by atoms with Crippen LogP contribution in [0.3, 0.4) is 0 Å². The number of thioether (sulfide) groups is 1. The molecule has 0 bridgehead atoms. The molecule has 0 fully saturated rings. The van der Waals surface area contributed by atoms with Crippen molar-refractivity contribution in [3.63, 3.8) is 0 Å². The Morgan fingerprint density at radius 3 is 2.96 bits per heavy atom. The molecule has 28 heavy (non-hydrogen) atoms. The van der Waals surface area contributed by atoms with Crippen LogP contribution in [0.2, 0.25) is 0 Å². The third-order valence-electron chi connectivity index (χ3n) is 5.59. The maximum Gasteiger partial charge on any atom is 0.260 e. The number of aromatic amines is 1. The van der Waals surface area contributed by atoms with Gasteiger partial charge in [0.25, 0.3) is 5.56 Å². The van der Waals surface area contributed by atoms with Crippen molar-refractivity contribution in [2.45, 2.75) is 49.4 Å². The number of fused-ring (bicyclic) bond motifs is 4. The number of aromatic nitrogens is 2. The van der Waals surface area contributed by atoms with Gasteiger partial charge in [0.05, 0.1) is 10.6 Å². The topological polar surface area (TPSA) is 66.1 Å². The molecule has 0 saturated carbocycles. The van der Waals surface area contributed by atoms with Crippen LogP contribution in [-0.4, -0.2) is 27.7 Å². The largest absolute Gasteiger partial charge is 0.311 e. The number of carbonyl (C=O) groups excluding carboxylic acids is 1. The normalized spacial score (nSPS) is 16.8. The monoisotopic (exact) mass is 411 g/mol. The molecule has 0 spiro atoms. The molecule has 0 unspecified atom stereocenters. The lowest BCUT2D eigenvalue weighted by atomic mass is 9.97. The van der Waals surface area contributed by atoms with Crippen molar-refractivity contribution in [2.75, 3.05) is 11.4 Å². The first-order valence-corrected chi connectivity index (χ1v) is 11.4. The number of nitrogens with one attached hydrogen (secondary N) is 1. The summed E-state index contributed by atoms with van der Waals surface area (Å²) >= 11 is 2.98. The molecule has 1 aliphatic carbocycles. The summed E-state index contributed by atoms with van der Waals surface area (Å²) < 4.78 is 0. The van der Waals surface area contributed by atoms with Crippen molar-refractivity contribution < 1.29 is 4.79 Å². The highest BCUT2D eigenvalue weighted by Gasteiger charge is 2.29. The van der Waals surface area contributed by atoms with Gasteiger partial charge in [-0.2, -0.15) is 0 Å². The van der Waals surface area contributed by atoms with Crippen molar-refractivity contribution in [3.8, 4) is 0 Å². The number of nitrogens with zero attached hydrogens (tertiary/aromatic N) is 2. The van der Waals surface area contributed by atoms with Crippen LogP contribution in [0.1, 0.15) is 35.8 Å². The Kier molecular flexibility index (Phi) is 4.51. The number of carbonyl (C=O) groups is 1. The summed E-state index contributed by atoms with van der Waals surface area (Å²) in [7, 11) is 0. The van der Waals surface area contributed by atoms with Crippen LogP contribution in [0.4, 0.5) is 5.69 Å². The minimum atomic E-state index is -0.318. The SMILES string of the molecule is C[C@H](Sc1nc2sc3c(c2c(=O)[nH]1)CCCC3)C(=O)N1CCc2ccccc21. The molecule has 1 aromatic carbocycles. The average Bonchev–Trinajstić information content (AvgIpc) is 3.28. The van der Waals surface area contributed by atoms with Crippen molar-refractivity contribution in [3.05, 3.63) is 50.6 Å². The fourth-order valence-electron chi connectivity index (χ4n) is 4.20.